The largest absolute Gasteiger partial charge is 0.368 e. The predicted molar refractivity (Wildman–Crippen MR) is 74.0 cm³/mol. The van der Waals surface area contributed by atoms with Gasteiger partial charge in [0.25, 0.3) is 0 Å². The second-order valence-corrected chi connectivity index (χ2v) is 4.95. The highest BCUT2D eigenvalue weighted by molar-refractivity contribution is 5.86. The van der Waals surface area contributed by atoms with Gasteiger partial charge >= 0.3 is 0 Å². The van der Waals surface area contributed by atoms with Crippen LogP contribution in [0.5, 0.6) is 0 Å². The summed E-state index contributed by atoms with van der Waals surface area (Å²) in [7, 11) is 0. The van der Waals surface area contributed by atoms with Crippen LogP contribution in [0.3, 0.4) is 0 Å². The zero-order chi connectivity index (χ0) is 14.1. The normalized spacial score (nSPS) is 14.0. The van der Waals surface area contributed by atoms with Gasteiger partial charge in [0.05, 0.1) is 0 Å². The van der Waals surface area contributed by atoms with Crippen molar-refractivity contribution in [3.8, 4) is 0 Å². The van der Waals surface area contributed by atoms with E-state index in [0.29, 0.717) is 13.0 Å². The van der Waals surface area contributed by atoms with Gasteiger partial charge in [-0.3, -0.25) is 9.59 Å². The van der Waals surface area contributed by atoms with Crippen LogP contribution in [-0.4, -0.2) is 29.3 Å². The zero-order valence-corrected chi connectivity index (χ0v) is 12.2. The monoisotopic (exact) mass is 256 g/mol. The zero-order valence-electron chi connectivity index (χ0n) is 12.2. The molecule has 0 saturated carbocycles. The van der Waals surface area contributed by atoms with Gasteiger partial charge in [-0.2, -0.15) is 0 Å². The van der Waals surface area contributed by atoms with Gasteiger partial charge in [-0.1, -0.05) is 34.1 Å². The molecule has 0 aromatic carbocycles. The summed E-state index contributed by atoms with van der Waals surface area (Å²) >= 11 is 0. The van der Waals surface area contributed by atoms with E-state index in [1.165, 1.54) is 0 Å². The van der Waals surface area contributed by atoms with Gasteiger partial charge in [0, 0.05) is 13.0 Å². The number of primary amides is 1. The summed E-state index contributed by atoms with van der Waals surface area (Å²) in [6.07, 6.45) is 4.04. The predicted octanol–water partition coefficient (Wildman–Crippen LogP) is 2.32. The molecule has 18 heavy (non-hydrogen) atoms. The van der Waals surface area contributed by atoms with Gasteiger partial charge < -0.3 is 10.6 Å². The molecule has 0 aromatic rings. The van der Waals surface area contributed by atoms with Crippen LogP contribution >= 0.6 is 0 Å². The van der Waals surface area contributed by atoms with Crippen LogP contribution in [-0.2, 0) is 9.59 Å². The first kappa shape index (κ1) is 16.9. The van der Waals surface area contributed by atoms with Crippen LogP contribution in [0.15, 0.2) is 0 Å². The Morgan fingerprint density at radius 2 is 1.72 bits per heavy atom. The van der Waals surface area contributed by atoms with Crippen molar-refractivity contribution in [1.29, 1.82) is 0 Å². The molecule has 106 valence electrons. The summed E-state index contributed by atoms with van der Waals surface area (Å²) in [6, 6.07) is -0.455. The highest BCUT2D eigenvalue weighted by atomic mass is 16.2. The van der Waals surface area contributed by atoms with E-state index in [9.17, 15) is 9.59 Å². The first-order valence-corrected chi connectivity index (χ1v) is 7.08. The molecule has 0 rings (SSSR count). The van der Waals surface area contributed by atoms with Crippen LogP contribution < -0.4 is 5.73 Å². The quantitative estimate of drug-likeness (QED) is 0.688. The lowest BCUT2D eigenvalue weighted by Crippen LogP contribution is -2.51. The number of nitrogens with zero attached hydrogens (tertiary/aromatic N) is 1. The second kappa shape index (κ2) is 8.95. The van der Waals surface area contributed by atoms with Crippen molar-refractivity contribution >= 4 is 11.8 Å². The fourth-order valence-corrected chi connectivity index (χ4v) is 2.37. The van der Waals surface area contributed by atoms with Gasteiger partial charge in [0.15, 0.2) is 0 Å². The Labute approximate surface area is 111 Å². The number of amides is 2. The third-order valence-electron chi connectivity index (χ3n) is 3.16. The molecule has 0 fully saturated rings. The molecule has 0 radical (unpaired) electrons. The van der Waals surface area contributed by atoms with Crippen molar-refractivity contribution in [1.82, 2.24) is 4.90 Å². The van der Waals surface area contributed by atoms with E-state index in [-0.39, 0.29) is 17.7 Å². The number of hydrogen-bond donors (Lipinski definition) is 1. The highest BCUT2D eigenvalue weighted by Crippen LogP contribution is 2.18. The maximum Gasteiger partial charge on any atom is 0.240 e. The molecule has 0 aliphatic heterocycles. The van der Waals surface area contributed by atoms with E-state index < -0.39 is 6.04 Å². The molecule has 4 heteroatoms. The average molecular weight is 256 g/mol. The molecule has 2 atom stereocenters. The van der Waals surface area contributed by atoms with Crippen LogP contribution in [0.2, 0.25) is 0 Å². The summed E-state index contributed by atoms with van der Waals surface area (Å²) in [6.45, 7) is 8.67. The lowest BCUT2D eigenvalue weighted by atomic mass is 9.94. The fraction of sp³-hybridized carbons (Fsp3) is 0.857. The van der Waals surface area contributed by atoms with Gasteiger partial charge in [-0.25, -0.2) is 0 Å². The van der Waals surface area contributed by atoms with E-state index in [1.54, 1.807) is 4.90 Å². The van der Waals surface area contributed by atoms with E-state index in [0.717, 1.165) is 25.7 Å². The van der Waals surface area contributed by atoms with Crippen LogP contribution in [0.25, 0.3) is 0 Å². The third kappa shape index (κ3) is 5.07. The first-order valence-electron chi connectivity index (χ1n) is 7.08. The van der Waals surface area contributed by atoms with Gasteiger partial charge in [0.2, 0.25) is 11.8 Å². The molecule has 2 N–H and O–H groups in total. The fourth-order valence-electron chi connectivity index (χ4n) is 2.37. The number of nitrogens with two attached hydrogens (primary N) is 1. The molecule has 2 amide bonds. The molecule has 0 aliphatic rings. The molecule has 4 nitrogen and oxygen atoms in total. The number of hydrogen-bond acceptors (Lipinski definition) is 2. The Bertz CT molecular complexity index is 267. The maximum absolute atomic E-state index is 12.1. The molecule has 0 aromatic heterocycles. The number of carbonyl (C=O) groups is 2. The van der Waals surface area contributed by atoms with Crippen LogP contribution in [0.4, 0.5) is 0 Å². The molecule has 0 aliphatic carbocycles. The summed E-state index contributed by atoms with van der Waals surface area (Å²) in [5.74, 6) is -0.209. The molecule has 0 heterocycles. The summed E-state index contributed by atoms with van der Waals surface area (Å²) in [4.78, 5) is 25.5. The minimum Gasteiger partial charge on any atom is -0.368 e. The smallest absolute Gasteiger partial charge is 0.240 e. The van der Waals surface area contributed by atoms with E-state index in [4.69, 9.17) is 5.73 Å². The second-order valence-electron chi connectivity index (χ2n) is 4.95. The summed E-state index contributed by atoms with van der Waals surface area (Å²) < 4.78 is 0. The summed E-state index contributed by atoms with van der Waals surface area (Å²) in [5, 5.41) is 0. The van der Waals surface area contributed by atoms with Crippen molar-refractivity contribution in [3.63, 3.8) is 0 Å². The highest BCUT2D eigenvalue weighted by Gasteiger charge is 2.31. The van der Waals surface area contributed by atoms with Crippen molar-refractivity contribution in [2.24, 2.45) is 11.7 Å². The maximum atomic E-state index is 12.1. The van der Waals surface area contributed by atoms with Gasteiger partial charge in [-0.15, -0.1) is 0 Å². The Kier molecular flexibility index (Phi) is 8.42. The van der Waals surface area contributed by atoms with Gasteiger partial charge in [0.1, 0.15) is 6.04 Å². The first-order chi connectivity index (χ1) is 8.49. The Balaban J connectivity index is 4.97. The third-order valence-corrected chi connectivity index (χ3v) is 3.16. The Hall–Kier alpha value is -1.06. The molecule has 2 unspecified atom stereocenters. The van der Waals surface area contributed by atoms with Crippen LogP contribution in [0, 0.1) is 5.92 Å². The minimum absolute atomic E-state index is 0.0473. The Morgan fingerprint density at radius 1 is 1.11 bits per heavy atom. The van der Waals surface area contributed by atoms with Crippen molar-refractivity contribution in [2.75, 3.05) is 6.54 Å². The molecular formula is C14H28N2O2. The average Bonchev–Trinajstić information content (AvgIpc) is 2.28. The molecule has 0 bridgehead atoms. The van der Waals surface area contributed by atoms with E-state index >= 15 is 0 Å². The van der Waals surface area contributed by atoms with Crippen molar-refractivity contribution in [3.05, 3.63) is 0 Å². The summed E-state index contributed by atoms with van der Waals surface area (Å²) in [5.41, 5.74) is 5.50. The molecule has 0 spiro atoms. The van der Waals surface area contributed by atoms with E-state index in [2.05, 4.69) is 6.92 Å². The lowest BCUT2D eigenvalue weighted by Gasteiger charge is -2.33. The standard InChI is InChI=1S/C14H28N2O2/c1-5-8-11(4)13(14(15)18)16(10-7-3)12(17)9-6-2/h11,13H,5-10H2,1-4H3,(H2,15,18). The van der Waals surface area contributed by atoms with Crippen LogP contribution in [0.1, 0.15) is 59.8 Å². The minimum atomic E-state index is -0.455. The van der Waals surface area contributed by atoms with E-state index in [1.807, 2.05) is 20.8 Å². The molecular weight excluding hydrogens is 228 g/mol. The number of rotatable bonds is 9. The molecule has 0 saturated heterocycles. The van der Waals surface area contributed by atoms with Crippen molar-refractivity contribution in [2.45, 2.75) is 65.8 Å². The number of carbonyl (C=O) groups excluding carboxylic acids is 2. The SMILES string of the molecule is CCCC(=O)N(CCC)C(C(N)=O)C(C)CCC. The lowest BCUT2D eigenvalue weighted by molar-refractivity contribution is -0.141. The Morgan fingerprint density at radius 3 is 2.11 bits per heavy atom. The van der Waals surface area contributed by atoms with Gasteiger partial charge in [-0.05, 0) is 25.2 Å². The van der Waals surface area contributed by atoms with Crippen molar-refractivity contribution < 1.29 is 9.59 Å². The topological polar surface area (TPSA) is 63.4 Å².